The van der Waals surface area contributed by atoms with Gasteiger partial charge in [-0.05, 0) is 18.8 Å². The molecular weight excluding hydrogens is 254 g/mol. The summed E-state index contributed by atoms with van der Waals surface area (Å²) in [5, 5.41) is 0. The van der Waals surface area contributed by atoms with Crippen molar-refractivity contribution in [2.75, 3.05) is 26.1 Å². The lowest BCUT2D eigenvalue weighted by molar-refractivity contribution is -0.141. The zero-order chi connectivity index (χ0) is 14.0. The Morgan fingerprint density at radius 2 is 1.89 bits per heavy atom. The third-order valence-electron chi connectivity index (χ3n) is 2.53. The number of halogens is 1. The number of amides is 1. The van der Waals surface area contributed by atoms with Gasteiger partial charge in [0.05, 0.1) is 13.5 Å². The number of hydrogen-bond donors (Lipinski definition) is 0. The van der Waals surface area contributed by atoms with Crippen molar-refractivity contribution in [3.05, 3.63) is 0 Å². The van der Waals surface area contributed by atoms with Gasteiger partial charge >= 0.3 is 5.97 Å². The number of unbranched alkanes of at least 4 members (excludes halogenated alkanes) is 1. The molecule has 0 aliphatic carbocycles. The number of carbonyl (C=O) groups is 2. The average Bonchev–Trinajstić information content (AvgIpc) is 2.33. The van der Waals surface area contributed by atoms with E-state index in [-0.39, 0.29) is 18.3 Å². The van der Waals surface area contributed by atoms with Gasteiger partial charge in [0.1, 0.15) is 0 Å². The van der Waals surface area contributed by atoms with Crippen molar-refractivity contribution in [3.63, 3.8) is 0 Å². The second-order valence-electron chi connectivity index (χ2n) is 4.71. The van der Waals surface area contributed by atoms with E-state index in [1.165, 1.54) is 7.11 Å². The standard InChI is InChI=1S/C13H24ClNO3/c1-11(2)10-15(9-7-13(17)18-3)12(16)6-4-5-8-14/h11H,4-10H2,1-3H3. The first-order valence-electron chi connectivity index (χ1n) is 6.41. The van der Waals surface area contributed by atoms with Crippen molar-refractivity contribution in [1.29, 1.82) is 0 Å². The fourth-order valence-corrected chi connectivity index (χ4v) is 1.80. The number of hydrogen-bond acceptors (Lipinski definition) is 3. The molecule has 0 aromatic carbocycles. The van der Waals surface area contributed by atoms with Crippen molar-refractivity contribution in [1.82, 2.24) is 4.90 Å². The summed E-state index contributed by atoms with van der Waals surface area (Å²) in [7, 11) is 1.36. The van der Waals surface area contributed by atoms with Crippen LogP contribution in [0, 0.1) is 5.92 Å². The van der Waals surface area contributed by atoms with E-state index in [0.29, 0.717) is 31.3 Å². The molecule has 0 aliphatic rings. The molecule has 0 heterocycles. The summed E-state index contributed by atoms with van der Waals surface area (Å²) in [6, 6.07) is 0. The molecule has 4 nitrogen and oxygen atoms in total. The van der Waals surface area contributed by atoms with Gasteiger partial charge in [-0.3, -0.25) is 9.59 Å². The van der Waals surface area contributed by atoms with Gasteiger partial charge < -0.3 is 9.64 Å². The van der Waals surface area contributed by atoms with Gasteiger partial charge in [0.2, 0.25) is 5.91 Å². The minimum atomic E-state index is -0.280. The van der Waals surface area contributed by atoms with Gasteiger partial charge in [-0.2, -0.15) is 0 Å². The molecule has 0 atom stereocenters. The van der Waals surface area contributed by atoms with Crippen molar-refractivity contribution in [2.45, 2.75) is 39.5 Å². The van der Waals surface area contributed by atoms with E-state index in [1.54, 1.807) is 4.90 Å². The van der Waals surface area contributed by atoms with Crippen LogP contribution in [-0.4, -0.2) is 42.9 Å². The molecule has 0 unspecified atom stereocenters. The number of esters is 1. The monoisotopic (exact) mass is 277 g/mol. The first-order chi connectivity index (χ1) is 8.51. The van der Waals surface area contributed by atoms with Gasteiger partial charge in [0.15, 0.2) is 0 Å². The van der Waals surface area contributed by atoms with E-state index in [9.17, 15) is 9.59 Å². The highest BCUT2D eigenvalue weighted by Gasteiger charge is 2.15. The minimum Gasteiger partial charge on any atom is -0.469 e. The molecule has 0 fully saturated rings. The van der Waals surface area contributed by atoms with E-state index < -0.39 is 0 Å². The second-order valence-corrected chi connectivity index (χ2v) is 5.08. The van der Waals surface area contributed by atoms with E-state index >= 15 is 0 Å². The predicted molar refractivity (Wildman–Crippen MR) is 72.6 cm³/mol. The Balaban J connectivity index is 4.19. The molecule has 0 bridgehead atoms. The fraction of sp³-hybridized carbons (Fsp3) is 0.846. The lowest BCUT2D eigenvalue weighted by Crippen LogP contribution is -2.35. The number of ether oxygens (including phenoxy) is 1. The maximum absolute atomic E-state index is 12.0. The molecule has 0 saturated heterocycles. The largest absolute Gasteiger partial charge is 0.469 e. The summed E-state index contributed by atoms with van der Waals surface area (Å²) in [6.07, 6.45) is 2.40. The first-order valence-corrected chi connectivity index (χ1v) is 6.95. The van der Waals surface area contributed by atoms with Crippen LogP contribution < -0.4 is 0 Å². The molecule has 0 aliphatic heterocycles. The van der Waals surface area contributed by atoms with E-state index in [1.807, 2.05) is 0 Å². The molecule has 1 amide bonds. The molecule has 18 heavy (non-hydrogen) atoms. The quantitative estimate of drug-likeness (QED) is 0.369. The number of nitrogens with zero attached hydrogens (tertiary/aromatic N) is 1. The topological polar surface area (TPSA) is 46.6 Å². The van der Waals surface area contributed by atoms with Crippen molar-refractivity contribution < 1.29 is 14.3 Å². The third-order valence-corrected chi connectivity index (χ3v) is 2.79. The second kappa shape index (κ2) is 10.2. The smallest absolute Gasteiger partial charge is 0.307 e. The Bertz CT molecular complexity index is 257. The number of rotatable bonds is 9. The number of methoxy groups -OCH3 is 1. The van der Waals surface area contributed by atoms with Crippen LogP contribution in [0.3, 0.4) is 0 Å². The molecular formula is C13H24ClNO3. The molecule has 0 rings (SSSR count). The van der Waals surface area contributed by atoms with Gasteiger partial charge in [0.25, 0.3) is 0 Å². The normalized spacial score (nSPS) is 10.5. The van der Waals surface area contributed by atoms with Crippen LogP contribution in [0.5, 0.6) is 0 Å². The van der Waals surface area contributed by atoms with Crippen LogP contribution in [0.4, 0.5) is 0 Å². The average molecular weight is 278 g/mol. The first kappa shape index (κ1) is 17.2. The van der Waals surface area contributed by atoms with E-state index in [0.717, 1.165) is 12.8 Å². The lowest BCUT2D eigenvalue weighted by atomic mass is 10.1. The molecule has 0 aromatic rings. The molecule has 0 saturated carbocycles. The lowest BCUT2D eigenvalue weighted by Gasteiger charge is -2.24. The fourth-order valence-electron chi connectivity index (χ4n) is 1.62. The summed E-state index contributed by atoms with van der Waals surface area (Å²) in [5.74, 6) is 0.786. The maximum atomic E-state index is 12.0. The van der Waals surface area contributed by atoms with Crippen LogP contribution in [-0.2, 0) is 14.3 Å². The Hall–Kier alpha value is -0.770. The summed E-state index contributed by atoms with van der Waals surface area (Å²) in [4.78, 5) is 24.8. The summed E-state index contributed by atoms with van der Waals surface area (Å²) >= 11 is 5.58. The molecule has 106 valence electrons. The third kappa shape index (κ3) is 8.34. The predicted octanol–water partition coefficient (Wildman–Crippen LogP) is 2.44. The van der Waals surface area contributed by atoms with Crippen LogP contribution in [0.25, 0.3) is 0 Å². The maximum Gasteiger partial charge on any atom is 0.307 e. The number of carbonyl (C=O) groups excluding carboxylic acids is 2. The Morgan fingerprint density at radius 1 is 1.22 bits per heavy atom. The SMILES string of the molecule is COC(=O)CCN(CC(C)C)C(=O)CCCCCl. The zero-order valence-electron chi connectivity index (χ0n) is 11.6. The number of alkyl halides is 1. The molecule has 5 heteroatoms. The minimum absolute atomic E-state index is 0.0951. The highest BCUT2D eigenvalue weighted by Crippen LogP contribution is 2.07. The summed E-state index contributed by atoms with van der Waals surface area (Å²) < 4.78 is 4.59. The zero-order valence-corrected chi connectivity index (χ0v) is 12.3. The van der Waals surface area contributed by atoms with Crippen LogP contribution in [0.1, 0.15) is 39.5 Å². The Labute approximate surface area is 115 Å². The molecule has 0 N–H and O–H groups in total. The molecule has 0 aromatic heterocycles. The molecule has 0 radical (unpaired) electrons. The van der Waals surface area contributed by atoms with E-state index in [4.69, 9.17) is 11.6 Å². The summed E-state index contributed by atoms with van der Waals surface area (Å²) in [6.45, 7) is 5.22. The van der Waals surface area contributed by atoms with Crippen molar-refractivity contribution >= 4 is 23.5 Å². The van der Waals surface area contributed by atoms with Crippen LogP contribution >= 0.6 is 11.6 Å². The van der Waals surface area contributed by atoms with Gasteiger partial charge in [0, 0.05) is 25.4 Å². The summed E-state index contributed by atoms with van der Waals surface area (Å²) in [5.41, 5.74) is 0. The van der Waals surface area contributed by atoms with Gasteiger partial charge in [-0.1, -0.05) is 13.8 Å². The van der Waals surface area contributed by atoms with Gasteiger partial charge in [-0.15, -0.1) is 11.6 Å². The van der Waals surface area contributed by atoms with Crippen LogP contribution in [0.2, 0.25) is 0 Å². The molecule has 0 spiro atoms. The van der Waals surface area contributed by atoms with E-state index in [2.05, 4.69) is 18.6 Å². The Kier molecular flexibility index (Phi) is 9.74. The highest BCUT2D eigenvalue weighted by atomic mass is 35.5. The van der Waals surface area contributed by atoms with Gasteiger partial charge in [-0.25, -0.2) is 0 Å². The highest BCUT2D eigenvalue weighted by molar-refractivity contribution is 6.17. The van der Waals surface area contributed by atoms with Crippen LogP contribution in [0.15, 0.2) is 0 Å². The van der Waals surface area contributed by atoms with Crippen molar-refractivity contribution in [3.8, 4) is 0 Å². The Morgan fingerprint density at radius 3 is 2.39 bits per heavy atom. The van der Waals surface area contributed by atoms with Crippen molar-refractivity contribution in [2.24, 2.45) is 5.92 Å².